The molecule has 0 saturated carbocycles. The Balaban J connectivity index is 1.77. The van der Waals surface area contributed by atoms with Gasteiger partial charge in [0.15, 0.2) is 0 Å². The zero-order valence-corrected chi connectivity index (χ0v) is 11.8. The van der Waals surface area contributed by atoms with Crippen LogP contribution in [0.5, 0.6) is 5.75 Å². The van der Waals surface area contributed by atoms with Crippen molar-refractivity contribution < 1.29 is 14.4 Å². The molecule has 94 valence electrons. The molecule has 1 heterocycles. The highest BCUT2D eigenvalue weighted by Crippen LogP contribution is 2.21. The van der Waals surface area contributed by atoms with E-state index in [2.05, 4.69) is 28.9 Å². The Bertz CT molecular complexity index is 364. The molecule has 1 N–H and O–H groups in total. The van der Waals surface area contributed by atoms with Crippen LogP contribution in [0.4, 0.5) is 0 Å². The Morgan fingerprint density at radius 2 is 2.12 bits per heavy atom. The summed E-state index contributed by atoms with van der Waals surface area (Å²) in [5, 5.41) is 0. The Morgan fingerprint density at radius 3 is 2.82 bits per heavy atom. The zero-order chi connectivity index (χ0) is 12.1. The van der Waals surface area contributed by atoms with Gasteiger partial charge in [-0.05, 0) is 30.7 Å². The molecule has 0 atom stereocenters. The third kappa shape index (κ3) is 3.98. The summed E-state index contributed by atoms with van der Waals surface area (Å²) < 4.78 is 12.2. The van der Waals surface area contributed by atoms with Gasteiger partial charge in [0, 0.05) is 4.47 Å². The second-order valence-corrected chi connectivity index (χ2v) is 5.29. The average molecular weight is 301 g/mol. The van der Waals surface area contributed by atoms with E-state index in [0.29, 0.717) is 0 Å². The molecule has 2 rings (SSSR count). The van der Waals surface area contributed by atoms with E-state index in [1.165, 1.54) is 5.56 Å². The van der Waals surface area contributed by atoms with E-state index in [1.54, 1.807) is 4.90 Å². The summed E-state index contributed by atoms with van der Waals surface area (Å²) in [5.74, 6) is 0.987. The molecule has 0 bridgehead atoms. The fourth-order valence-electron chi connectivity index (χ4n) is 1.99. The van der Waals surface area contributed by atoms with E-state index < -0.39 is 0 Å². The Hall–Kier alpha value is -0.580. The lowest BCUT2D eigenvalue weighted by Gasteiger charge is -2.23. The van der Waals surface area contributed by atoms with Gasteiger partial charge in [-0.3, -0.25) is 0 Å². The smallest absolute Gasteiger partial charge is 0.137 e. The molecule has 0 aromatic heterocycles. The molecule has 1 aromatic rings. The Labute approximate surface area is 111 Å². The van der Waals surface area contributed by atoms with Crippen LogP contribution in [0, 0.1) is 6.92 Å². The van der Waals surface area contributed by atoms with Crippen LogP contribution in [-0.4, -0.2) is 39.5 Å². The third-order valence-electron chi connectivity index (χ3n) is 3.05. The highest BCUT2D eigenvalue weighted by Gasteiger charge is 2.13. The molecule has 0 unspecified atom stereocenters. The number of hydrogen-bond donors (Lipinski definition) is 1. The van der Waals surface area contributed by atoms with Crippen LogP contribution in [0.3, 0.4) is 0 Å². The second-order valence-electron chi connectivity index (χ2n) is 4.37. The van der Waals surface area contributed by atoms with E-state index in [9.17, 15) is 0 Å². The fourth-order valence-corrected chi connectivity index (χ4v) is 2.47. The van der Waals surface area contributed by atoms with E-state index in [1.807, 2.05) is 12.1 Å². The molecule has 0 spiro atoms. The molecule has 17 heavy (non-hydrogen) atoms. The van der Waals surface area contributed by atoms with Crippen LogP contribution in [-0.2, 0) is 4.74 Å². The SMILES string of the molecule is Cc1cc(Br)ccc1OCC[NH+]1CCOCC1. The highest BCUT2D eigenvalue weighted by molar-refractivity contribution is 9.10. The lowest BCUT2D eigenvalue weighted by Crippen LogP contribution is -3.14. The van der Waals surface area contributed by atoms with Gasteiger partial charge in [0.05, 0.1) is 13.2 Å². The van der Waals surface area contributed by atoms with Gasteiger partial charge in [0.2, 0.25) is 0 Å². The number of morpholine rings is 1. The minimum Gasteiger partial charge on any atom is -0.487 e. The van der Waals surface area contributed by atoms with Crippen molar-refractivity contribution in [1.82, 2.24) is 0 Å². The summed E-state index contributed by atoms with van der Waals surface area (Å²) in [4.78, 5) is 1.58. The first-order valence-electron chi connectivity index (χ1n) is 6.06. The molecule has 1 aromatic carbocycles. The summed E-state index contributed by atoms with van der Waals surface area (Å²) in [6.45, 7) is 7.86. The molecule has 1 saturated heterocycles. The molecule has 1 aliphatic rings. The predicted octanol–water partition coefficient (Wildman–Crippen LogP) is 1.05. The van der Waals surface area contributed by atoms with Crippen molar-refractivity contribution in [2.24, 2.45) is 0 Å². The van der Waals surface area contributed by atoms with Crippen LogP contribution >= 0.6 is 15.9 Å². The zero-order valence-electron chi connectivity index (χ0n) is 10.2. The van der Waals surface area contributed by atoms with Crippen molar-refractivity contribution in [3.63, 3.8) is 0 Å². The van der Waals surface area contributed by atoms with Gasteiger partial charge in [-0.2, -0.15) is 0 Å². The van der Waals surface area contributed by atoms with E-state index >= 15 is 0 Å². The van der Waals surface area contributed by atoms with Crippen molar-refractivity contribution in [2.75, 3.05) is 39.5 Å². The van der Waals surface area contributed by atoms with E-state index in [0.717, 1.165) is 49.7 Å². The van der Waals surface area contributed by atoms with Gasteiger partial charge in [0.1, 0.15) is 32.0 Å². The van der Waals surface area contributed by atoms with Gasteiger partial charge in [-0.15, -0.1) is 0 Å². The topological polar surface area (TPSA) is 22.9 Å². The van der Waals surface area contributed by atoms with Gasteiger partial charge < -0.3 is 14.4 Å². The number of ether oxygens (including phenoxy) is 2. The van der Waals surface area contributed by atoms with Crippen LogP contribution < -0.4 is 9.64 Å². The quantitative estimate of drug-likeness (QED) is 0.898. The van der Waals surface area contributed by atoms with Gasteiger partial charge in [-0.25, -0.2) is 0 Å². The standard InChI is InChI=1S/C13H18BrNO2/c1-11-10-12(14)2-3-13(11)17-9-6-15-4-7-16-8-5-15/h2-3,10H,4-9H2,1H3/p+1. The molecule has 0 radical (unpaired) electrons. The molecule has 0 aliphatic carbocycles. The number of benzene rings is 1. The highest BCUT2D eigenvalue weighted by atomic mass is 79.9. The van der Waals surface area contributed by atoms with Gasteiger partial charge in [-0.1, -0.05) is 15.9 Å². The van der Waals surface area contributed by atoms with Crippen molar-refractivity contribution in [3.05, 3.63) is 28.2 Å². The minimum absolute atomic E-state index is 0.776. The van der Waals surface area contributed by atoms with E-state index in [-0.39, 0.29) is 0 Å². The van der Waals surface area contributed by atoms with Gasteiger partial charge in [0.25, 0.3) is 0 Å². The molecular weight excluding hydrogens is 282 g/mol. The van der Waals surface area contributed by atoms with Gasteiger partial charge >= 0.3 is 0 Å². The Morgan fingerprint density at radius 1 is 1.35 bits per heavy atom. The maximum absolute atomic E-state index is 5.81. The van der Waals surface area contributed by atoms with Crippen molar-refractivity contribution in [1.29, 1.82) is 0 Å². The van der Waals surface area contributed by atoms with Crippen molar-refractivity contribution in [2.45, 2.75) is 6.92 Å². The third-order valence-corrected chi connectivity index (χ3v) is 3.54. The lowest BCUT2D eigenvalue weighted by atomic mass is 10.2. The average Bonchev–Trinajstić information content (AvgIpc) is 2.33. The molecule has 3 nitrogen and oxygen atoms in total. The number of rotatable bonds is 4. The van der Waals surface area contributed by atoms with Crippen molar-refractivity contribution >= 4 is 15.9 Å². The molecule has 1 aliphatic heterocycles. The van der Waals surface area contributed by atoms with Crippen LogP contribution in [0.15, 0.2) is 22.7 Å². The first kappa shape index (κ1) is 12.9. The first-order valence-corrected chi connectivity index (χ1v) is 6.85. The van der Waals surface area contributed by atoms with Crippen LogP contribution in [0.1, 0.15) is 5.56 Å². The molecule has 0 amide bonds. The lowest BCUT2D eigenvalue weighted by molar-refractivity contribution is -0.908. The molecular formula is C13H19BrNO2+. The monoisotopic (exact) mass is 300 g/mol. The predicted molar refractivity (Wildman–Crippen MR) is 70.8 cm³/mol. The summed E-state index contributed by atoms with van der Waals surface area (Å²) in [7, 11) is 0. The largest absolute Gasteiger partial charge is 0.487 e. The fraction of sp³-hybridized carbons (Fsp3) is 0.538. The maximum atomic E-state index is 5.81. The molecule has 4 heteroatoms. The minimum atomic E-state index is 0.776. The number of quaternary nitrogens is 1. The number of nitrogens with one attached hydrogen (secondary N) is 1. The van der Waals surface area contributed by atoms with Crippen molar-refractivity contribution in [3.8, 4) is 5.75 Å². The molecule has 1 fully saturated rings. The van der Waals surface area contributed by atoms with E-state index in [4.69, 9.17) is 9.47 Å². The van der Waals surface area contributed by atoms with Crippen LogP contribution in [0.2, 0.25) is 0 Å². The van der Waals surface area contributed by atoms with Crippen LogP contribution in [0.25, 0.3) is 0 Å². The number of hydrogen-bond acceptors (Lipinski definition) is 2. The summed E-state index contributed by atoms with van der Waals surface area (Å²) in [5.41, 5.74) is 1.18. The number of halogens is 1. The first-order chi connectivity index (χ1) is 8.25. The number of aryl methyl sites for hydroxylation is 1. The summed E-state index contributed by atoms with van der Waals surface area (Å²) >= 11 is 3.45. The summed E-state index contributed by atoms with van der Waals surface area (Å²) in [6, 6.07) is 6.12. The normalized spacial score (nSPS) is 17.1. The summed E-state index contributed by atoms with van der Waals surface area (Å²) in [6.07, 6.45) is 0. The Kier molecular flexibility index (Phi) is 4.83. The maximum Gasteiger partial charge on any atom is 0.137 e. The second kappa shape index (κ2) is 6.38.